The number of thioether (sulfide) groups is 1. The quantitative estimate of drug-likeness (QED) is 0.265. The second-order valence-corrected chi connectivity index (χ2v) is 12.0. The van der Waals surface area contributed by atoms with Crippen LogP contribution in [0.2, 0.25) is 0 Å². The Kier molecular flexibility index (Phi) is 8.06. The van der Waals surface area contributed by atoms with Gasteiger partial charge in [-0.1, -0.05) is 42.5 Å². The number of rotatable bonds is 8. The van der Waals surface area contributed by atoms with E-state index < -0.39 is 23.4 Å². The first-order valence-electron chi connectivity index (χ1n) is 13.4. The molecule has 12 heteroatoms. The van der Waals surface area contributed by atoms with E-state index in [1.807, 2.05) is 47.8 Å². The summed E-state index contributed by atoms with van der Waals surface area (Å²) < 4.78 is 5.60. The number of hydrogen-bond acceptors (Lipinski definition) is 8. The summed E-state index contributed by atoms with van der Waals surface area (Å²) in [5, 5.41) is 7.45. The number of aromatic amines is 1. The average molecular weight is 602 g/mol. The minimum atomic E-state index is -0.848. The molecule has 1 unspecified atom stereocenters. The number of amides is 3. The van der Waals surface area contributed by atoms with Crippen LogP contribution in [0.4, 0.5) is 9.93 Å². The number of aromatic nitrogens is 2. The fraction of sp³-hybridized carbons (Fsp3) is 0.233. The van der Waals surface area contributed by atoms with E-state index in [9.17, 15) is 19.2 Å². The van der Waals surface area contributed by atoms with Crippen molar-refractivity contribution in [3.8, 4) is 11.3 Å². The van der Waals surface area contributed by atoms with Crippen LogP contribution >= 0.6 is 23.1 Å². The van der Waals surface area contributed by atoms with Crippen LogP contribution in [0.15, 0.2) is 83.1 Å². The predicted molar refractivity (Wildman–Crippen MR) is 161 cm³/mol. The van der Waals surface area contributed by atoms with Crippen molar-refractivity contribution >= 4 is 46.1 Å². The number of thiazole rings is 1. The van der Waals surface area contributed by atoms with Crippen molar-refractivity contribution in [1.82, 2.24) is 20.2 Å². The van der Waals surface area contributed by atoms with Gasteiger partial charge in [-0.3, -0.25) is 19.3 Å². The maximum absolute atomic E-state index is 13.5. The number of carbonyl (C=O) groups excluding carboxylic acids is 3. The first kappa shape index (κ1) is 27.7. The molecular formula is C30H27N5O5S2. The lowest BCUT2D eigenvalue weighted by Crippen LogP contribution is -2.45. The van der Waals surface area contributed by atoms with Crippen molar-refractivity contribution in [3.63, 3.8) is 0 Å². The molecule has 2 aromatic carbocycles. The minimum Gasteiger partial charge on any atom is -0.444 e. The van der Waals surface area contributed by atoms with E-state index >= 15 is 0 Å². The highest BCUT2D eigenvalue weighted by atomic mass is 32.2. The second-order valence-electron chi connectivity index (χ2n) is 9.99. The Labute approximate surface area is 249 Å². The molecule has 0 spiro atoms. The highest BCUT2D eigenvalue weighted by Gasteiger charge is 2.43. The van der Waals surface area contributed by atoms with E-state index in [1.54, 1.807) is 18.2 Å². The molecular weight excluding hydrogens is 574 g/mol. The highest BCUT2D eigenvalue weighted by molar-refractivity contribution is 7.99. The Balaban J connectivity index is 1.16. The highest BCUT2D eigenvalue weighted by Crippen LogP contribution is 2.42. The van der Waals surface area contributed by atoms with E-state index in [2.05, 4.69) is 20.6 Å². The monoisotopic (exact) mass is 601 g/mol. The third-order valence-electron chi connectivity index (χ3n) is 6.89. The van der Waals surface area contributed by atoms with Gasteiger partial charge in [0.1, 0.15) is 18.0 Å². The summed E-state index contributed by atoms with van der Waals surface area (Å²) in [4.78, 5) is 59.7. The van der Waals surface area contributed by atoms with Crippen LogP contribution in [0.25, 0.3) is 11.3 Å². The molecule has 6 rings (SSSR count). The molecule has 1 aliphatic carbocycles. The van der Waals surface area contributed by atoms with Gasteiger partial charge in [-0.05, 0) is 42.2 Å². The number of ether oxygens (including phenoxy) is 1. The van der Waals surface area contributed by atoms with Crippen LogP contribution in [0, 0.1) is 0 Å². The third-order valence-corrected chi connectivity index (χ3v) is 8.97. The zero-order valence-corrected chi connectivity index (χ0v) is 24.0. The molecule has 2 atom stereocenters. The minimum absolute atomic E-state index is 0.0497. The van der Waals surface area contributed by atoms with Crippen molar-refractivity contribution < 1.29 is 19.1 Å². The summed E-state index contributed by atoms with van der Waals surface area (Å²) in [5.74, 6) is -0.179. The fourth-order valence-electron chi connectivity index (χ4n) is 4.54. The number of hydrogen-bond donors (Lipinski definition) is 3. The normalized spacial score (nSPS) is 18.0. The molecule has 2 aliphatic rings. The van der Waals surface area contributed by atoms with Crippen LogP contribution in [0.1, 0.15) is 39.7 Å². The van der Waals surface area contributed by atoms with Crippen molar-refractivity contribution in [2.75, 3.05) is 11.1 Å². The zero-order chi connectivity index (χ0) is 29.1. The molecule has 0 bridgehead atoms. The van der Waals surface area contributed by atoms with Crippen LogP contribution in [0.5, 0.6) is 0 Å². The number of anilines is 1. The number of nitrogens with one attached hydrogen (secondary N) is 3. The molecule has 0 radical (unpaired) electrons. The van der Waals surface area contributed by atoms with Crippen molar-refractivity contribution in [2.45, 2.75) is 36.9 Å². The first-order chi connectivity index (χ1) is 20.4. The maximum atomic E-state index is 13.5. The van der Waals surface area contributed by atoms with Crippen LogP contribution in [0.3, 0.4) is 0 Å². The molecule has 2 aromatic heterocycles. The first-order valence-corrected chi connectivity index (χ1v) is 15.3. The van der Waals surface area contributed by atoms with Gasteiger partial charge in [0.05, 0.1) is 5.69 Å². The number of benzene rings is 2. The summed E-state index contributed by atoms with van der Waals surface area (Å²) in [6, 6.07) is 19.0. The Bertz CT molecular complexity index is 1650. The maximum Gasteiger partial charge on any atom is 0.412 e. The van der Waals surface area contributed by atoms with E-state index in [0.717, 1.165) is 24.0 Å². The van der Waals surface area contributed by atoms with E-state index in [1.165, 1.54) is 40.3 Å². The van der Waals surface area contributed by atoms with Crippen molar-refractivity contribution in [2.24, 2.45) is 0 Å². The van der Waals surface area contributed by atoms with Crippen molar-refractivity contribution in [3.05, 3.63) is 105 Å². The summed E-state index contributed by atoms with van der Waals surface area (Å²) >= 11 is 2.65. The lowest BCUT2D eigenvalue weighted by molar-refractivity contribution is -0.120. The largest absolute Gasteiger partial charge is 0.444 e. The molecule has 42 heavy (non-hydrogen) atoms. The number of nitrogens with zero attached hydrogens (tertiary/aromatic N) is 2. The number of carbonyl (C=O) groups is 3. The van der Waals surface area contributed by atoms with Crippen LogP contribution in [-0.4, -0.2) is 50.6 Å². The topological polar surface area (TPSA) is 133 Å². The van der Waals surface area contributed by atoms with Gasteiger partial charge in [0.15, 0.2) is 5.13 Å². The summed E-state index contributed by atoms with van der Waals surface area (Å²) in [5.41, 5.74) is 3.17. The van der Waals surface area contributed by atoms with E-state index in [0.29, 0.717) is 27.7 Å². The summed E-state index contributed by atoms with van der Waals surface area (Å²) in [6.45, 7) is 0.0497. The molecule has 3 N–H and O–H groups in total. The SMILES string of the molecule is O=C(NC1CC1)c1ccc(-c2csc(NC(=O)[C@@H]3CSC(c4cc[nH]c(=O)c4)N3C(=O)OCc3ccccc3)n2)cc1. The Morgan fingerprint density at radius 3 is 2.57 bits per heavy atom. The molecule has 10 nitrogen and oxygen atoms in total. The van der Waals surface area contributed by atoms with E-state index in [-0.39, 0.29) is 24.1 Å². The fourth-order valence-corrected chi connectivity index (χ4v) is 6.67. The summed E-state index contributed by atoms with van der Waals surface area (Å²) in [7, 11) is 0. The molecule has 1 aliphatic heterocycles. The van der Waals surface area contributed by atoms with Gasteiger partial charge in [-0.2, -0.15) is 0 Å². The lowest BCUT2D eigenvalue weighted by atomic mass is 10.1. The standard InChI is InChI=1S/C30H27N5O5S2/c36-25-14-21(12-13-31-25)28-35(30(39)40-15-18-4-2-1-3-5-18)24(17-41-28)27(38)34-29-33-23(16-42-29)19-6-8-20(9-7-19)26(37)32-22-10-11-22/h1-9,12-14,16,22,24,28H,10-11,15,17H2,(H,31,36)(H,32,37)(H,33,34,38)/t24-,28?/m0/s1. The molecule has 1 saturated heterocycles. The van der Waals surface area contributed by atoms with Gasteiger partial charge >= 0.3 is 6.09 Å². The Morgan fingerprint density at radius 2 is 1.83 bits per heavy atom. The Morgan fingerprint density at radius 1 is 1.05 bits per heavy atom. The van der Waals surface area contributed by atoms with Gasteiger partial charge in [0, 0.05) is 40.6 Å². The molecule has 2 fully saturated rings. The molecule has 4 aromatic rings. The Hall–Kier alpha value is -4.42. The van der Waals surface area contributed by atoms with Gasteiger partial charge in [0.2, 0.25) is 11.5 Å². The lowest BCUT2D eigenvalue weighted by Gasteiger charge is -2.28. The smallest absolute Gasteiger partial charge is 0.412 e. The van der Waals surface area contributed by atoms with Crippen molar-refractivity contribution in [1.29, 1.82) is 0 Å². The molecule has 214 valence electrons. The third kappa shape index (κ3) is 6.39. The van der Waals surface area contributed by atoms with Gasteiger partial charge in [0.25, 0.3) is 5.91 Å². The second kappa shape index (κ2) is 12.2. The van der Waals surface area contributed by atoms with E-state index in [4.69, 9.17) is 4.74 Å². The van der Waals surface area contributed by atoms with Crippen LogP contribution < -0.4 is 16.2 Å². The van der Waals surface area contributed by atoms with Crippen LogP contribution in [-0.2, 0) is 16.1 Å². The van der Waals surface area contributed by atoms with Gasteiger partial charge in [-0.25, -0.2) is 9.78 Å². The number of pyridine rings is 1. The molecule has 1 saturated carbocycles. The predicted octanol–water partition coefficient (Wildman–Crippen LogP) is 4.78. The molecule has 3 heterocycles. The van der Waals surface area contributed by atoms with Gasteiger partial charge < -0.3 is 20.4 Å². The summed E-state index contributed by atoms with van der Waals surface area (Å²) in [6.07, 6.45) is 2.91. The average Bonchev–Trinajstić information content (AvgIpc) is 3.50. The van der Waals surface area contributed by atoms with Gasteiger partial charge in [-0.15, -0.1) is 23.1 Å². The molecule has 3 amide bonds. The number of H-pyrrole nitrogens is 1. The zero-order valence-electron chi connectivity index (χ0n) is 22.3.